The maximum Gasteiger partial charge on any atom is 0.332 e. The van der Waals surface area contributed by atoms with Crippen LogP contribution in [0.25, 0.3) is 0 Å². The van der Waals surface area contributed by atoms with E-state index in [1.54, 1.807) is 0 Å². The van der Waals surface area contributed by atoms with Crippen molar-refractivity contribution in [3.05, 3.63) is 0 Å². The summed E-state index contributed by atoms with van der Waals surface area (Å²) in [5, 5.41) is 8.82. The van der Waals surface area contributed by atoms with Gasteiger partial charge in [-0.05, 0) is 31.6 Å². The van der Waals surface area contributed by atoms with Gasteiger partial charge in [0.05, 0.1) is 6.10 Å². The minimum atomic E-state index is -3.48. The van der Waals surface area contributed by atoms with E-state index in [-0.39, 0.29) is 12.6 Å². The minimum absolute atomic E-state index is 0.137. The third-order valence-corrected chi connectivity index (χ3v) is 5.54. The molecule has 2 aliphatic heterocycles. The summed E-state index contributed by atoms with van der Waals surface area (Å²) >= 11 is 0. The van der Waals surface area contributed by atoms with Crippen LogP contribution in [0, 0.1) is 5.92 Å². The maximum atomic E-state index is 12.1. The Morgan fingerprint density at radius 1 is 1.30 bits per heavy atom. The van der Waals surface area contributed by atoms with Gasteiger partial charge in [0.1, 0.15) is 0 Å². The van der Waals surface area contributed by atoms with Gasteiger partial charge in [-0.25, -0.2) is 4.79 Å². The van der Waals surface area contributed by atoms with Crippen LogP contribution in [0.1, 0.15) is 32.6 Å². The molecule has 2 aliphatic rings. The Hall–Kier alpha value is -0.700. The van der Waals surface area contributed by atoms with Crippen LogP contribution in [0.2, 0.25) is 0 Å². The van der Waals surface area contributed by atoms with Gasteiger partial charge in [-0.3, -0.25) is 0 Å². The van der Waals surface area contributed by atoms with E-state index >= 15 is 0 Å². The van der Waals surface area contributed by atoms with Crippen molar-refractivity contribution < 1.29 is 23.1 Å². The molecule has 0 aromatic heterocycles. The molecular weight excluding hydrogens is 284 g/mol. The predicted octanol–water partition coefficient (Wildman–Crippen LogP) is 0.185. The zero-order valence-corrected chi connectivity index (χ0v) is 12.4. The normalized spacial score (nSPS) is 29.6. The number of nitrogens with one attached hydrogen (secondary N) is 1. The molecular formula is C12H22N2O5S. The number of carbonyl (C=O) groups is 1. The first-order chi connectivity index (χ1) is 9.38. The molecule has 2 saturated heterocycles. The first-order valence-corrected chi connectivity index (χ1v) is 8.45. The van der Waals surface area contributed by atoms with E-state index in [4.69, 9.17) is 9.84 Å². The van der Waals surface area contributed by atoms with Crippen LogP contribution in [0.15, 0.2) is 0 Å². The average Bonchev–Trinajstić information content (AvgIpc) is 2.86. The molecule has 2 heterocycles. The number of hydrogen-bond donors (Lipinski definition) is 2. The van der Waals surface area contributed by atoms with Crippen molar-refractivity contribution in [2.24, 2.45) is 5.92 Å². The van der Waals surface area contributed by atoms with Crippen LogP contribution >= 0.6 is 0 Å². The summed E-state index contributed by atoms with van der Waals surface area (Å²) in [4.78, 5) is 10.8. The van der Waals surface area contributed by atoms with Crippen molar-refractivity contribution in [3.63, 3.8) is 0 Å². The van der Waals surface area contributed by atoms with Crippen LogP contribution in [0.4, 0.5) is 0 Å². The van der Waals surface area contributed by atoms with E-state index < -0.39 is 22.3 Å². The van der Waals surface area contributed by atoms with E-state index in [1.165, 1.54) is 4.31 Å². The molecule has 0 bridgehead atoms. The first-order valence-electron chi connectivity index (χ1n) is 7.01. The van der Waals surface area contributed by atoms with Gasteiger partial charge in [-0.15, -0.1) is 0 Å². The topological polar surface area (TPSA) is 95.9 Å². The van der Waals surface area contributed by atoms with Crippen LogP contribution in [0.3, 0.4) is 0 Å². The predicted molar refractivity (Wildman–Crippen MR) is 72.4 cm³/mol. The number of carboxylic acid groups (broad SMARTS) is 1. The SMILES string of the molecule is CC1CCN(S(=O)(=O)NCC2CCC(C(=O)O)O2)CC1. The van der Waals surface area contributed by atoms with E-state index in [9.17, 15) is 13.2 Å². The van der Waals surface area contributed by atoms with Crippen molar-refractivity contribution in [1.29, 1.82) is 0 Å². The highest BCUT2D eigenvalue weighted by Crippen LogP contribution is 2.21. The molecule has 116 valence electrons. The molecule has 0 radical (unpaired) electrons. The first kappa shape index (κ1) is 15.7. The minimum Gasteiger partial charge on any atom is -0.479 e. The summed E-state index contributed by atoms with van der Waals surface area (Å²) in [6, 6.07) is 0. The van der Waals surface area contributed by atoms with Crippen molar-refractivity contribution in [2.45, 2.75) is 44.8 Å². The second-order valence-electron chi connectivity index (χ2n) is 5.60. The monoisotopic (exact) mass is 306 g/mol. The summed E-state index contributed by atoms with van der Waals surface area (Å²) < 4.78 is 33.5. The van der Waals surface area contributed by atoms with Crippen molar-refractivity contribution in [1.82, 2.24) is 9.03 Å². The van der Waals surface area contributed by atoms with Gasteiger partial charge < -0.3 is 9.84 Å². The molecule has 0 saturated carbocycles. The lowest BCUT2D eigenvalue weighted by atomic mass is 10.0. The van der Waals surface area contributed by atoms with Gasteiger partial charge in [0.25, 0.3) is 10.2 Å². The number of rotatable bonds is 5. The second-order valence-corrected chi connectivity index (χ2v) is 7.35. The molecule has 2 fully saturated rings. The fraction of sp³-hybridized carbons (Fsp3) is 0.917. The third-order valence-electron chi connectivity index (χ3n) is 3.96. The lowest BCUT2D eigenvalue weighted by molar-refractivity contribution is -0.149. The van der Waals surface area contributed by atoms with Gasteiger partial charge in [-0.2, -0.15) is 17.4 Å². The van der Waals surface area contributed by atoms with Crippen molar-refractivity contribution >= 4 is 16.2 Å². The molecule has 8 heteroatoms. The van der Waals surface area contributed by atoms with Crippen LogP contribution in [-0.2, 0) is 19.7 Å². The van der Waals surface area contributed by atoms with Gasteiger partial charge in [-0.1, -0.05) is 6.92 Å². The Morgan fingerprint density at radius 2 is 1.95 bits per heavy atom. The van der Waals surface area contributed by atoms with Crippen molar-refractivity contribution in [2.75, 3.05) is 19.6 Å². The van der Waals surface area contributed by atoms with Gasteiger partial charge in [0.2, 0.25) is 0 Å². The van der Waals surface area contributed by atoms with Crippen LogP contribution < -0.4 is 4.72 Å². The molecule has 2 N–H and O–H groups in total. The molecule has 0 aliphatic carbocycles. The number of carboxylic acids is 1. The summed E-state index contributed by atoms with van der Waals surface area (Å²) in [6.07, 6.45) is 1.60. The largest absolute Gasteiger partial charge is 0.479 e. The molecule has 2 atom stereocenters. The molecule has 20 heavy (non-hydrogen) atoms. The molecule has 0 aromatic rings. The highest BCUT2D eigenvalue weighted by atomic mass is 32.2. The maximum absolute atomic E-state index is 12.1. The van der Waals surface area contributed by atoms with E-state index in [1.807, 2.05) is 0 Å². The fourth-order valence-corrected chi connectivity index (χ4v) is 3.82. The molecule has 0 spiro atoms. The fourth-order valence-electron chi connectivity index (χ4n) is 2.55. The second kappa shape index (κ2) is 6.38. The molecule has 7 nitrogen and oxygen atoms in total. The van der Waals surface area contributed by atoms with Gasteiger partial charge in [0, 0.05) is 19.6 Å². The lowest BCUT2D eigenvalue weighted by Gasteiger charge is -2.29. The van der Waals surface area contributed by atoms with Gasteiger partial charge in [0.15, 0.2) is 6.10 Å². The average molecular weight is 306 g/mol. The standard InChI is InChI=1S/C12H22N2O5S/c1-9-4-6-14(7-5-9)20(17,18)13-8-10-2-3-11(19-10)12(15)16/h9-11,13H,2-8H2,1H3,(H,15,16). The number of nitrogens with zero attached hydrogens (tertiary/aromatic N) is 1. The molecule has 2 unspecified atom stereocenters. The van der Waals surface area contributed by atoms with Gasteiger partial charge >= 0.3 is 5.97 Å². The quantitative estimate of drug-likeness (QED) is 0.755. The number of piperidine rings is 1. The molecule has 0 aromatic carbocycles. The summed E-state index contributed by atoms with van der Waals surface area (Å²) in [5.74, 6) is -0.420. The van der Waals surface area contributed by atoms with Crippen molar-refractivity contribution in [3.8, 4) is 0 Å². The summed E-state index contributed by atoms with van der Waals surface area (Å²) in [5.41, 5.74) is 0. The van der Waals surface area contributed by atoms with Crippen LogP contribution in [0.5, 0.6) is 0 Å². The number of ether oxygens (including phenoxy) is 1. The van der Waals surface area contributed by atoms with E-state index in [0.717, 1.165) is 12.8 Å². The van der Waals surface area contributed by atoms with Crippen LogP contribution in [-0.4, -0.2) is 55.6 Å². The Kier molecular flexibility index (Phi) is 5.00. The molecule has 2 rings (SSSR count). The smallest absolute Gasteiger partial charge is 0.332 e. The highest BCUT2D eigenvalue weighted by molar-refractivity contribution is 7.87. The third kappa shape index (κ3) is 3.91. The zero-order chi connectivity index (χ0) is 14.8. The number of hydrogen-bond acceptors (Lipinski definition) is 4. The summed E-state index contributed by atoms with van der Waals surface area (Å²) in [7, 11) is -3.48. The Balaban J connectivity index is 1.80. The Bertz CT molecular complexity index is 445. The lowest BCUT2D eigenvalue weighted by Crippen LogP contribution is -2.46. The van der Waals surface area contributed by atoms with E-state index in [2.05, 4.69) is 11.6 Å². The highest BCUT2D eigenvalue weighted by Gasteiger charge is 2.32. The summed E-state index contributed by atoms with van der Waals surface area (Å²) in [6.45, 7) is 3.34. The number of aliphatic carboxylic acids is 1. The van der Waals surface area contributed by atoms with E-state index in [0.29, 0.717) is 31.8 Å². The zero-order valence-electron chi connectivity index (χ0n) is 11.6. The Labute approximate surface area is 119 Å². The molecule has 0 amide bonds. The Morgan fingerprint density at radius 3 is 2.50 bits per heavy atom.